The van der Waals surface area contributed by atoms with Crippen molar-refractivity contribution in [2.24, 2.45) is 0 Å². The van der Waals surface area contributed by atoms with Crippen molar-refractivity contribution < 1.29 is 4.79 Å². The molecular formula is C13H9Cl2N3O. The third kappa shape index (κ3) is 3.28. The summed E-state index contributed by atoms with van der Waals surface area (Å²) in [6.07, 6.45) is 0. The number of benzene rings is 1. The summed E-state index contributed by atoms with van der Waals surface area (Å²) < 4.78 is 0. The zero-order chi connectivity index (χ0) is 13.8. The molecular weight excluding hydrogens is 285 g/mol. The molecule has 0 saturated carbocycles. The average Bonchev–Trinajstić information content (AvgIpc) is 2.77. The molecule has 0 radical (unpaired) electrons. The molecule has 1 aromatic heterocycles. The van der Waals surface area contributed by atoms with E-state index in [1.807, 2.05) is 6.07 Å². The maximum Gasteiger partial charge on any atom is 0.268 e. The number of nitrogens with zero attached hydrogens (tertiary/aromatic N) is 1. The van der Waals surface area contributed by atoms with E-state index in [4.69, 9.17) is 28.5 Å². The van der Waals surface area contributed by atoms with Crippen molar-refractivity contribution in [2.45, 2.75) is 6.54 Å². The number of nitrogens with one attached hydrogen (secondary N) is 2. The lowest BCUT2D eigenvalue weighted by atomic mass is 10.1. The zero-order valence-electron chi connectivity index (χ0n) is 9.71. The Hall–Kier alpha value is -1.96. The summed E-state index contributed by atoms with van der Waals surface area (Å²) in [5, 5.41) is 11.9. The molecule has 19 heavy (non-hydrogen) atoms. The molecule has 2 N–H and O–H groups in total. The Kier molecular flexibility index (Phi) is 4.10. The lowest BCUT2D eigenvalue weighted by Gasteiger charge is -2.03. The molecule has 4 nitrogen and oxygen atoms in total. The van der Waals surface area contributed by atoms with Crippen LogP contribution in [0.4, 0.5) is 0 Å². The molecule has 96 valence electrons. The highest BCUT2D eigenvalue weighted by molar-refractivity contribution is 6.41. The molecule has 0 fully saturated rings. The van der Waals surface area contributed by atoms with E-state index in [2.05, 4.69) is 10.3 Å². The van der Waals surface area contributed by atoms with Gasteiger partial charge in [0.2, 0.25) is 0 Å². The standard InChI is InChI=1S/C13H9Cl2N3O/c14-10-5-11(18-12(10)15)13(19)17-7-9-3-1-8(6-16)2-4-9/h1-5,18H,7H2,(H,17,19). The molecule has 1 amide bonds. The predicted molar refractivity (Wildman–Crippen MR) is 73.1 cm³/mol. The third-order valence-electron chi connectivity index (χ3n) is 2.51. The average molecular weight is 294 g/mol. The second-order valence-corrected chi connectivity index (χ2v) is 4.62. The minimum atomic E-state index is -0.293. The molecule has 0 aliphatic heterocycles. The molecule has 2 aromatic rings. The van der Waals surface area contributed by atoms with E-state index in [1.165, 1.54) is 6.07 Å². The maximum absolute atomic E-state index is 11.8. The van der Waals surface area contributed by atoms with Crippen molar-refractivity contribution in [2.75, 3.05) is 0 Å². The first-order valence-corrected chi connectivity index (χ1v) is 6.17. The van der Waals surface area contributed by atoms with Gasteiger partial charge in [-0.1, -0.05) is 35.3 Å². The van der Waals surface area contributed by atoms with Crippen LogP contribution in [0.15, 0.2) is 30.3 Å². The normalized spacial score (nSPS) is 9.95. The largest absolute Gasteiger partial charge is 0.347 e. The Morgan fingerprint density at radius 3 is 2.53 bits per heavy atom. The summed E-state index contributed by atoms with van der Waals surface area (Å²) in [7, 11) is 0. The molecule has 0 unspecified atom stereocenters. The second kappa shape index (κ2) is 5.79. The summed E-state index contributed by atoms with van der Waals surface area (Å²) >= 11 is 11.5. The van der Waals surface area contributed by atoms with Gasteiger partial charge in [0.1, 0.15) is 10.8 Å². The highest BCUT2D eigenvalue weighted by Gasteiger charge is 2.11. The van der Waals surface area contributed by atoms with Crippen LogP contribution in [0.1, 0.15) is 21.6 Å². The Morgan fingerprint density at radius 2 is 2.00 bits per heavy atom. The van der Waals surface area contributed by atoms with Crippen LogP contribution >= 0.6 is 23.2 Å². The van der Waals surface area contributed by atoms with E-state index in [-0.39, 0.29) is 11.1 Å². The second-order valence-electron chi connectivity index (χ2n) is 3.84. The number of hydrogen-bond donors (Lipinski definition) is 2. The summed E-state index contributed by atoms with van der Waals surface area (Å²) in [6.45, 7) is 0.360. The van der Waals surface area contributed by atoms with Gasteiger partial charge >= 0.3 is 0 Å². The molecule has 0 aliphatic carbocycles. The van der Waals surface area contributed by atoms with Crippen molar-refractivity contribution in [3.63, 3.8) is 0 Å². The van der Waals surface area contributed by atoms with Crippen LogP contribution in [0, 0.1) is 11.3 Å². The number of carbonyl (C=O) groups excluding carboxylic acids is 1. The number of rotatable bonds is 3. The minimum Gasteiger partial charge on any atom is -0.347 e. The van der Waals surface area contributed by atoms with Crippen molar-refractivity contribution in [3.8, 4) is 6.07 Å². The fourth-order valence-electron chi connectivity index (χ4n) is 1.50. The van der Waals surface area contributed by atoms with E-state index in [0.29, 0.717) is 22.8 Å². The van der Waals surface area contributed by atoms with Crippen LogP contribution in [-0.4, -0.2) is 10.9 Å². The number of hydrogen-bond acceptors (Lipinski definition) is 2. The quantitative estimate of drug-likeness (QED) is 0.913. The molecule has 1 heterocycles. The fraction of sp³-hybridized carbons (Fsp3) is 0.0769. The molecule has 0 atom stereocenters. The Balaban J connectivity index is 1.98. The number of aromatic amines is 1. The first kappa shape index (κ1) is 13.5. The first-order chi connectivity index (χ1) is 9.10. The van der Waals surface area contributed by atoms with E-state index in [9.17, 15) is 4.79 Å². The van der Waals surface area contributed by atoms with Crippen LogP contribution in [0.2, 0.25) is 10.2 Å². The van der Waals surface area contributed by atoms with Crippen LogP contribution in [0.3, 0.4) is 0 Å². The monoisotopic (exact) mass is 293 g/mol. The summed E-state index contributed by atoms with van der Waals surface area (Å²) in [4.78, 5) is 14.5. The van der Waals surface area contributed by atoms with Gasteiger partial charge in [-0.05, 0) is 23.8 Å². The zero-order valence-corrected chi connectivity index (χ0v) is 11.2. The maximum atomic E-state index is 11.8. The number of H-pyrrole nitrogens is 1. The SMILES string of the molecule is N#Cc1ccc(CNC(=O)c2cc(Cl)c(Cl)[nH]2)cc1. The fourth-order valence-corrected chi connectivity index (χ4v) is 1.81. The summed E-state index contributed by atoms with van der Waals surface area (Å²) in [5.74, 6) is -0.293. The number of aromatic nitrogens is 1. The minimum absolute atomic E-state index is 0.241. The highest BCUT2D eigenvalue weighted by atomic mass is 35.5. The molecule has 1 aromatic carbocycles. The van der Waals surface area contributed by atoms with Gasteiger partial charge < -0.3 is 10.3 Å². The molecule has 0 bridgehead atoms. The highest BCUT2D eigenvalue weighted by Crippen LogP contribution is 2.21. The van der Waals surface area contributed by atoms with Crippen LogP contribution in [-0.2, 0) is 6.54 Å². The molecule has 6 heteroatoms. The van der Waals surface area contributed by atoms with Gasteiger partial charge in [-0.2, -0.15) is 5.26 Å². The van der Waals surface area contributed by atoms with Crippen LogP contribution < -0.4 is 5.32 Å². The van der Waals surface area contributed by atoms with Gasteiger partial charge in [0.25, 0.3) is 5.91 Å². The van der Waals surface area contributed by atoms with Gasteiger partial charge in [0, 0.05) is 6.54 Å². The number of nitriles is 1. The third-order valence-corrected chi connectivity index (χ3v) is 3.20. The molecule has 0 spiro atoms. The predicted octanol–water partition coefficient (Wildman–Crippen LogP) is 3.12. The topological polar surface area (TPSA) is 68.7 Å². The Bertz CT molecular complexity index is 621. The van der Waals surface area contributed by atoms with Crippen molar-refractivity contribution >= 4 is 29.1 Å². The smallest absolute Gasteiger partial charge is 0.268 e. The van der Waals surface area contributed by atoms with Crippen molar-refractivity contribution in [1.82, 2.24) is 10.3 Å². The number of carbonyl (C=O) groups is 1. The van der Waals surface area contributed by atoms with Crippen LogP contribution in [0.25, 0.3) is 0 Å². The van der Waals surface area contributed by atoms with Crippen molar-refractivity contribution in [3.05, 3.63) is 57.3 Å². The van der Waals surface area contributed by atoms with Gasteiger partial charge in [0.05, 0.1) is 16.7 Å². The number of amides is 1. The summed E-state index contributed by atoms with van der Waals surface area (Å²) in [6, 6.07) is 10.5. The lowest BCUT2D eigenvalue weighted by Crippen LogP contribution is -2.23. The van der Waals surface area contributed by atoms with Crippen molar-refractivity contribution in [1.29, 1.82) is 5.26 Å². The Labute approximate surface area is 120 Å². The molecule has 0 saturated heterocycles. The van der Waals surface area contributed by atoms with E-state index in [0.717, 1.165) is 5.56 Å². The van der Waals surface area contributed by atoms with Gasteiger partial charge in [-0.3, -0.25) is 4.79 Å². The first-order valence-electron chi connectivity index (χ1n) is 5.41. The van der Waals surface area contributed by atoms with E-state index in [1.54, 1.807) is 24.3 Å². The summed E-state index contributed by atoms with van der Waals surface area (Å²) in [5.41, 5.74) is 1.79. The molecule has 0 aliphatic rings. The van der Waals surface area contributed by atoms with E-state index >= 15 is 0 Å². The number of halogens is 2. The lowest BCUT2D eigenvalue weighted by molar-refractivity contribution is 0.0946. The van der Waals surface area contributed by atoms with Gasteiger partial charge in [-0.25, -0.2) is 0 Å². The van der Waals surface area contributed by atoms with E-state index < -0.39 is 0 Å². The molecule has 2 rings (SSSR count). The van der Waals surface area contributed by atoms with Gasteiger partial charge in [0.15, 0.2) is 0 Å². The van der Waals surface area contributed by atoms with Gasteiger partial charge in [-0.15, -0.1) is 0 Å². The van der Waals surface area contributed by atoms with Crippen LogP contribution in [0.5, 0.6) is 0 Å². The Morgan fingerprint density at radius 1 is 1.32 bits per heavy atom.